The van der Waals surface area contributed by atoms with Crippen molar-refractivity contribution in [2.75, 3.05) is 24.2 Å². The number of para-hydroxylation sites is 1. The minimum atomic E-state index is -3.22. The zero-order chi connectivity index (χ0) is 22.2. The molecule has 0 saturated carbocycles. The summed E-state index contributed by atoms with van der Waals surface area (Å²) >= 11 is 1.75. The Bertz CT molecular complexity index is 915. The van der Waals surface area contributed by atoms with Crippen molar-refractivity contribution in [3.05, 3.63) is 59.9 Å². The molecule has 0 radical (unpaired) electrons. The van der Waals surface area contributed by atoms with E-state index in [1.54, 1.807) is 28.2 Å². The van der Waals surface area contributed by atoms with Gasteiger partial charge in [-0.05, 0) is 24.3 Å². The number of aromatic nitrogens is 1. The number of nitrogens with one attached hydrogen (secondary N) is 3. The Hall–Kier alpha value is -3.21. The lowest BCUT2D eigenvalue weighted by molar-refractivity contribution is -0.132. The van der Waals surface area contributed by atoms with Crippen molar-refractivity contribution < 1.29 is 23.2 Å². The van der Waals surface area contributed by atoms with Crippen LogP contribution < -0.4 is 16.2 Å². The van der Waals surface area contributed by atoms with E-state index in [4.69, 9.17) is 0 Å². The lowest BCUT2D eigenvalue weighted by atomic mass is 10.1. The molecule has 4 amide bonds. The summed E-state index contributed by atoms with van der Waals surface area (Å²) in [5.41, 5.74) is 5.13. The highest BCUT2D eigenvalue weighted by atomic mass is 32.2. The fourth-order valence-electron chi connectivity index (χ4n) is 2.91. The third kappa shape index (κ3) is 6.64. The number of benzene rings is 1. The molecule has 0 spiro atoms. The number of urea groups is 1. The molecule has 1 atom stereocenters. The standard InChI is InChI=1S/C20H21F2N5O3S/c21-17(22)19(29)26-25-18(28)13-6-7-15(23-11-13)10-16-12-27(8-9-31-16)20(30)24-14-4-2-1-3-5-14/h1-7,11,16-17H,8-10,12H2,(H,24,30)(H,25,28)(H,26,29). The highest BCUT2D eigenvalue weighted by molar-refractivity contribution is 8.00. The molecule has 2 aromatic rings. The van der Waals surface area contributed by atoms with Gasteiger partial charge in [-0.15, -0.1) is 0 Å². The molecule has 164 valence electrons. The van der Waals surface area contributed by atoms with Gasteiger partial charge in [0.05, 0.1) is 5.56 Å². The molecule has 3 N–H and O–H groups in total. The summed E-state index contributed by atoms with van der Waals surface area (Å²) in [6.07, 6.45) is -1.31. The molecule has 11 heteroatoms. The van der Waals surface area contributed by atoms with Crippen molar-refractivity contribution in [2.45, 2.75) is 18.1 Å². The molecule has 1 aromatic heterocycles. The van der Waals surface area contributed by atoms with Crippen molar-refractivity contribution in [3.8, 4) is 0 Å². The molecule has 31 heavy (non-hydrogen) atoms. The maximum absolute atomic E-state index is 12.5. The number of carbonyl (C=O) groups excluding carboxylic acids is 3. The highest BCUT2D eigenvalue weighted by Crippen LogP contribution is 2.22. The third-order valence-electron chi connectivity index (χ3n) is 4.47. The topological polar surface area (TPSA) is 103 Å². The van der Waals surface area contributed by atoms with Gasteiger partial charge in [0.15, 0.2) is 0 Å². The van der Waals surface area contributed by atoms with E-state index < -0.39 is 18.2 Å². The highest BCUT2D eigenvalue weighted by Gasteiger charge is 2.25. The number of thioether (sulfide) groups is 1. The van der Waals surface area contributed by atoms with Crippen LogP contribution in [-0.4, -0.2) is 58.2 Å². The van der Waals surface area contributed by atoms with E-state index in [1.165, 1.54) is 12.3 Å². The minimum Gasteiger partial charge on any atom is -0.323 e. The number of anilines is 1. The number of hydrogen-bond acceptors (Lipinski definition) is 5. The maximum Gasteiger partial charge on any atom is 0.321 e. The number of rotatable bonds is 5. The molecule has 1 aliphatic heterocycles. The molecular weight excluding hydrogens is 428 g/mol. The summed E-state index contributed by atoms with van der Waals surface area (Å²) in [5, 5.41) is 3.03. The van der Waals surface area contributed by atoms with Gasteiger partial charge in [-0.3, -0.25) is 25.4 Å². The first-order chi connectivity index (χ1) is 14.9. The predicted molar refractivity (Wildman–Crippen MR) is 113 cm³/mol. The molecule has 1 fully saturated rings. The van der Waals surface area contributed by atoms with E-state index in [-0.39, 0.29) is 16.8 Å². The monoisotopic (exact) mass is 449 g/mol. The minimum absolute atomic E-state index is 0.124. The molecule has 0 bridgehead atoms. The van der Waals surface area contributed by atoms with Gasteiger partial charge in [0, 0.05) is 48.1 Å². The lowest BCUT2D eigenvalue weighted by Gasteiger charge is -2.32. The first-order valence-electron chi connectivity index (χ1n) is 9.48. The Labute approximate surface area is 181 Å². The zero-order valence-electron chi connectivity index (χ0n) is 16.4. The Morgan fingerprint density at radius 1 is 1.13 bits per heavy atom. The average molecular weight is 449 g/mol. The summed E-state index contributed by atoms with van der Waals surface area (Å²) in [6.45, 7) is 1.21. The van der Waals surface area contributed by atoms with Crippen LogP contribution in [0.5, 0.6) is 0 Å². The molecule has 2 heterocycles. The number of nitrogens with zero attached hydrogens (tertiary/aromatic N) is 2. The van der Waals surface area contributed by atoms with Crippen LogP contribution in [0.4, 0.5) is 19.3 Å². The van der Waals surface area contributed by atoms with Gasteiger partial charge in [-0.2, -0.15) is 20.5 Å². The van der Waals surface area contributed by atoms with Gasteiger partial charge in [-0.25, -0.2) is 4.79 Å². The Kier molecular flexibility index (Phi) is 7.76. The molecule has 1 aromatic carbocycles. The number of pyridine rings is 1. The molecule has 8 nitrogen and oxygen atoms in total. The third-order valence-corrected chi connectivity index (χ3v) is 5.68. The lowest BCUT2D eigenvalue weighted by Crippen LogP contribution is -2.44. The van der Waals surface area contributed by atoms with E-state index in [9.17, 15) is 23.2 Å². The molecular formula is C20H21F2N5O3S. The summed E-state index contributed by atoms with van der Waals surface area (Å²) in [4.78, 5) is 41.2. The van der Waals surface area contributed by atoms with Crippen LogP contribution in [0.15, 0.2) is 48.7 Å². The van der Waals surface area contributed by atoms with Crippen LogP contribution in [0.2, 0.25) is 0 Å². The number of amides is 4. The summed E-state index contributed by atoms with van der Waals surface area (Å²) in [5.74, 6) is -1.53. The molecule has 0 aliphatic carbocycles. The summed E-state index contributed by atoms with van der Waals surface area (Å²) in [6, 6.07) is 12.3. The van der Waals surface area contributed by atoms with E-state index in [2.05, 4.69) is 10.3 Å². The van der Waals surface area contributed by atoms with Crippen molar-refractivity contribution >= 4 is 35.3 Å². The first-order valence-corrected chi connectivity index (χ1v) is 10.5. The van der Waals surface area contributed by atoms with Gasteiger partial charge in [0.2, 0.25) is 0 Å². The quantitative estimate of drug-likeness (QED) is 0.608. The molecule has 1 unspecified atom stereocenters. The van der Waals surface area contributed by atoms with Crippen LogP contribution in [0.3, 0.4) is 0 Å². The van der Waals surface area contributed by atoms with Crippen LogP contribution in [0, 0.1) is 0 Å². The average Bonchev–Trinajstić information content (AvgIpc) is 2.78. The summed E-state index contributed by atoms with van der Waals surface area (Å²) < 4.78 is 24.3. The zero-order valence-corrected chi connectivity index (χ0v) is 17.2. The largest absolute Gasteiger partial charge is 0.323 e. The van der Waals surface area contributed by atoms with E-state index in [0.29, 0.717) is 19.5 Å². The molecule has 1 aliphatic rings. The Balaban J connectivity index is 1.50. The SMILES string of the molecule is O=C(NNC(=O)C(F)F)c1ccc(CC2CN(C(=O)Nc3ccccc3)CCS2)nc1. The van der Waals surface area contributed by atoms with Crippen LogP contribution in [-0.2, 0) is 11.2 Å². The van der Waals surface area contributed by atoms with Crippen molar-refractivity contribution in [3.63, 3.8) is 0 Å². The van der Waals surface area contributed by atoms with Crippen molar-refractivity contribution in [2.24, 2.45) is 0 Å². The van der Waals surface area contributed by atoms with E-state index >= 15 is 0 Å². The van der Waals surface area contributed by atoms with Crippen LogP contribution in [0.1, 0.15) is 16.1 Å². The second-order valence-electron chi connectivity index (χ2n) is 6.72. The van der Waals surface area contributed by atoms with Gasteiger partial charge < -0.3 is 10.2 Å². The second kappa shape index (κ2) is 10.7. The summed E-state index contributed by atoms with van der Waals surface area (Å²) in [7, 11) is 0. The molecule has 1 saturated heterocycles. The van der Waals surface area contributed by atoms with Crippen LogP contribution in [0.25, 0.3) is 0 Å². The smallest absolute Gasteiger partial charge is 0.321 e. The van der Waals surface area contributed by atoms with Gasteiger partial charge in [-0.1, -0.05) is 18.2 Å². The number of hydrogen-bond donors (Lipinski definition) is 3. The first kappa shape index (κ1) is 22.5. The van der Waals surface area contributed by atoms with Crippen molar-refractivity contribution in [1.29, 1.82) is 0 Å². The van der Waals surface area contributed by atoms with E-state index in [0.717, 1.165) is 17.1 Å². The van der Waals surface area contributed by atoms with Crippen LogP contribution >= 0.6 is 11.8 Å². The number of halogens is 2. The fourth-order valence-corrected chi connectivity index (χ4v) is 4.14. The van der Waals surface area contributed by atoms with Gasteiger partial charge in [0.1, 0.15) is 0 Å². The Morgan fingerprint density at radius 2 is 1.90 bits per heavy atom. The van der Waals surface area contributed by atoms with Gasteiger partial charge >= 0.3 is 18.4 Å². The fraction of sp³-hybridized carbons (Fsp3) is 0.300. The second-order valence-corrected chi connectivity index (χ2v) is 8.13. The number of carbonyl (C=O) groups is 3. The maximum atomic E-state index is 12.5. The normalized spacial score (nSPS) is 16.0. The predicted octanol–water partition coefficient (Wildman–Crippen LogP) is 2.30. The molecule has 3 rings (SSSR count). The van der Waals surface area contributed by atoms with Crippen molar-refractivity contribution in [1.82, 2.24) is 20.7 Å². The number of hydrazine groups is 1. The number of alkyl halides is 2. The Morgan fingerprint density at radius 3 is 2.58 bits per heavy atom. The van der Waals surface area contributed by atoms with E-state index in [1.807, 2.05) is 35.8 Å². The van der Waals surface area contributed by atoms with Gasteiger partial charge in [0.25, 0.3) is 5.91 Å².